The lowest BCUT2D eigenvalue weighted by Gasteiger charge is -2.31. The number of hydrogen-bond acceptors (Lipinski definition) is 3. The standard InChI is InChI=1S/C21H25ClN2O3S/c1-23(2)21(25)18-8-9-19(22)20(15-18)28(26,27)24-12-10-17(11-13-24)14-16-6-4-3-5-7-16/h3-9,15,17H,10-14H2,1-2H3. The summed E-state index contributed by atoms with van der Waals surface area (Å²) < 4.78 is 27.8. The number of halogens is 1. The van der Waals surface area contributed by atoms with Gasteiger partial charge in [0.2, 0.25) is 10.0 Å². The molecule has 2 aromatic rings. The van der Waals surface area contributed by atoms with Crippen LogP contribution in [0.15, 0.2) is 53.4 Å². The summed E-state index contributed by atoms with van der Waals surface area (Å²) in [4.78, 5) is 13.6. The zero-order valence-corrected chi connectivity index (χ0v) is 17.7. The van der Waals surface area contributed by atoms with Crippen molar-refractivity contribution in [2.24, 2.45) is 5.92 Å². The SMILES string of the molecule is CN(C)C(=O)c1ccc(Cl)c(S(=O)(=O)N2CCC(Cc3ccccc3)CC2)c1. The smallest absolute Gasteiger partial charge is 0.253 e. The molecule has 150 valence electrons. The second-order valence-electron chi connectivity index (χ2n) is 7.38. The van der Waals surface area contributed by atoms with Crippen molar-refractivity contribution in [2.45, 2.75) is 24.2 Å². The fraction of sp³-hybridized carbons (Fsp3) is 0.381. The number of hydrogen-bond donors (Lipinski definition) is 0. The van der Waals surface area contributed by atoms with Crippen LogP contribution in [0.4, 0.5) is 0 Å². The predicted octanol–water partition coefficient (Wildman–Crippen LogP) is 3.69. The fourth-order valence-corrected chi connectivity index (χ4v) is 5.50. The number of piperidine rings is 1. The van der Waals surface area contributed by atoms with E-state index in [-0.39, 0.29) is 15.8 Å². The number of rotatable bonds is 5. The van der Waals surface area contributed by atoms with E-state index in [1.807, 2.05) is 18.2 Å². The Labute approximate surface area is 172 Å². The second-order valence-corrected chi connectivity index (χ2v) is 9.70. The van der Waals surface area contributed by atoms with E-state index in [1.165, 1.54) is 26.9 Å². The zero-order valence-electron chi connectivity index (χ0n) is 16.1. The zero-order chi connectivity index (χ0) is 20.3. The van der Waals surface area contributed by atoms with Crippen LogP contribution in [0.5, 0.6) is 0 Å². The number of carbonyl (C=O) groups is 1. The molecule has 7 heteroatoms. The van der Waals surface area contributed by atoms with Gasteiger partial charge in [-0.05, 0) is 48.9 Å². The molecule has 1 fully saturated rings. The summed E-state index contributed by atoms with van der Waals surface area (Å²) in [6.07, 6.45) is 2.58. The Kier molecular flexibility index (Phi) is 6.43. The van der Waals surface area contributed by atoms with E-state index in [4.69, 9.17) is 11.6 Å². The van der Waals surface area contributed by atoms with Gasteiger partial charge in [0.05, 0.1) is 5.02 Å². The second kappa shape index (κ2) is 8.64. The van der Waals surface area contributed by atoms with Crippen LogP contribution in [-0.2, 0) is 16.4 Å². The first-order chi connectivity index (χ1) is 13.3. The highest BCUT2D eigenvalue weighted by molar-refractivity contribution is 7.89. The molecule has 3 rings (SSSR count). The quantitative estimate of drug-likeness (QED) is 0.741. The molecular weight excluding hydrogens is 396 g/mol. The first-order valence-electron chi connectivity index (χ1n) is 9.34. The molecule has 5 nitrogen and oxygen atoms in total. The molecule has 0 spiro atoms. The first-order valence-corrected chi connectivity index (χ1v) is 11.2. The van der Waals surface area contributed by atoms with Crippen LogP contribution < -0.4 is 0 Å². The summed E-state index contributed by atoms with van der Waals surface area (Å²) in [7, 11) is -0.485. The van der Waals surface area contributed by atoms with Crippen LogP contribution in [0.1, 0.15) is 28.8 Å². The molecule has 1 saturated heterocycles. The molecule has 28 heavy (non-hydrogen) atoms. The summed E-state index contributed by atoms with van der Waals surface area (Å²) >= 11 is 6.19. The largest absolute Gasteiger partial charge is 0.345 e. The van der Waals surface area contributed by atoms with E-state index >= 15 is 0 Å². The van der Waals surface area contributed by atoms with Gasteiger partial charge in [-0.2, -0.15) is 4.31 Å². The Balaban J connectivity index is 1.74. The Bertz CT molecular complexity index is 937. The monoisotopic (exact) mass is 420 g/mol. The Morgan fingerprint density at radius 2 is 1.75 bits per heavy atom. The molecule has 0 radical (unpaired) electrons. The normalized spacial score (nSPS) is 16.1. The topological polar surface area (TPSA) is 57.7 Å². The summed E-state index contributed by atoms with van der Waals surface area (Å²) in [5.41, 5.74) is 1.59. The van der Waals surface area contributed by atoms with Crippen molar-refractivity contribution >= 4 is 27.5 Å². The highest BCUT2D eigenvalue weighted by Gasteiger charge is 2.31. The average Bonchev–Trinajstić information content (AvgIpc) is 2.69. The van der Waals surface area contributed by atoms with E-state index in [2.05, 4.69) is 12.1 Å². The minimum Gasteiger partial charge on any atom is -0.345 e. The molecule has 0 saturated carbocycles. The summed E-state index contributed by atoms with van der Waals surface area (Å²) in [5.74, 6) is 0.209. The van der Waals surface area contributed by atoms with Crippen LogP contribution in [0.25, 0.3) is 0 Å². The van der Waals surface area contributed by atoms with Gasteiger partial charge in [0.25, 0.3) is 5.91 Å². The van der Waals surface area contributed by atoms with Crippen LogP contribution in [0.2, 0.25) is 5.02 Å². The van der Waals surface area contributed by atoms with Crippen LogP contribution in [0.3, 0.4) is 0 Å². The first kappa shape index (κ1) is 20.8. The number of amides is 1. The van der Waals surface area contributed by atoms with Crippen LogP contribution in [0, 0.1) is 5.92 Å². The van der Waals surface area contributed by atoms with E-state index in [0.29, 0.717) is 24.6 Å². The maximum absolute atomic E-state index is 13.1. The van der Waals surface area contributed by atoms with Crippen molar-refractivity contribution in [1.82, 2.24) is 9.21 Å². The molecule has 1 amide bonds. The molecular formula is C21H25ClN2O3S. The molecule has 2 aromatic carbocycles. The summed E-state index contributed by atoms with van der Waals surface area (Å²) in [6.45, 7) is 0.921. The van der Waals surface area contributed by atoms with Gasteiger partial charge < -0.3 is 4.90 Å². The van der Waals surface area contributed by atoms with Gasteiger partial charge in [-0.15, -0.1) is 0 Å². The van der Waals surface area contributed by atoms with Crippen molar-refractivity contribution in [3.63, 3.8) is 0 Å². The van der Waals surface area contributed by atoms with Gasteiger partial charge in [-0.1, -0.05) is 41.9 Å². The molecule has 1 aliphatic rings. The van der Waals surface area contributed by atoms with Gasteiger partial charge >= 0.3 is 0 Å². The van der Waals surface area contributed by atoms with Crippen molar-refractivity contribution < 1.29 is 13.2 Å². The molecule has 1 heterocycles. The van der Waals surface area contributed by atoms with Gasteiger partial charge in [-0.3, -0.25) is 4.79 Å². The fourth-order valence-electron chi connectivity index (χ4n) is 3.53. The molecule has 0 atom stereocenters. The van der Waals surface area contributed by atoms with Crippen molar-refractivity contribution in [3.05, 3.63) is 64.7 Å². The minimum absolute atomic E-state index is 0.00313. The van der Waals surface area contributed by atoms with Crippen LogP contribution in [-0.4, -0.2) is 50.7 Å². The predicted molar refractivity (Wildman–Crippen MR) is 111 cm³/mol. The lowest BCUT2D eigenvalue weighted by Crippen LogP contribution is -2.39. The average molecular weight is 421 g/mol. The van der Waals surface area contributed by atoms with Gasteiger partial charge in [0.15, 0.2) is 0 Å². The van der Waals surface area contributed by atoms with E-state index in [0.717, 1.165) is 19.3 Å². The lowest BCUT2D eigenvalue weighted by molar-refractivity contribution is 0.0827. The van der Waals surface area contributed by atoms with Crippen molar-refractivity contribution in [3.8, 4) is 0 Å². The molecule has 0 unspecified atom stereocenters. The number of nitrogens with zero attached hydrogens (tertiary/aromatic N) is 2. The minimum atomic E-state index is -3.74. The van der Waals surface area contributed by atoms with Crippen molar-refractivity contribution in [2.75, 3.05) is 27.2 Å². The van der Waals surface area contributed by atoms with E-state index in [1.54, 1.807) is 20.2 Å². The van der Waals surface area contributed by atoms with Crippen molar-refractivity contribution in [1.29, 1.82) is 0 Å². The third-order valence-electron chi connectivity index (χ3n) is 5.14. The Hall–Kier alpha value is -1.89. The highest BCUT2D eigenvalue weighted by Crippen LogP contribution is 2.30. The Morgan fingerprint density at radius 3 is 2.36 bits per heavy atom. The van der Waals surface area contributed by atoms with Gasteiger partial charge in [0.1, 0.15) is 4.90 Å². The Morgan fingerprint density at radius 1 is 1.11 bits per heavy atom. The molecule has 0 N–H and O–H groups in total. The molecule has 0 aromatic heterocycles. The number of carbonyl (C=O) groups excluding carboxylic acids is 1. The van der Waals surface area contributed by atoms with E-state index in [9.17, 15) is 13.2 Å². The maximum Gasteiger partial charge on any atom is 0.253 e. The summed E-state index contributed by atoms with van der Waals surface area (Å²) in [5, 5.41) is 0.140. The number of sulfonamides is 1. The highest BCUT2D eigenvalue weighted by atomic mass is 35.5. The van der Waals surface area contributed by atoms with Gasteiger partial charge in [0, 0.05) is 32.7 Å². The molecule has 1 aliphatic heterocycles. The molecule has 0 bridgehead atoms. The lowest BCUT2D eigenvalue weighted by atomic mass is 9.91. The van der Waals surface area contributed by atoms with Gasteiger partial charge in [-0.25, -0.2) is 8.42 Å². The third-order valence-corrected chi connectivity index (χ3v) is 7.52. The van der Waals surface area contributed by atoms with Crippen LogP contribution >= 0.6 is 11.6 Å². The summed E-state index contributed by atoms with van der Waals surface area (Å²) in [6, 6.07) is 14.7. The number of benzene rings is 2. The molecule has 0 aliphatic carbocycles. The van der Waals surface area contributed by atoms with E-state index < -0.39 is 10.0 Å². The maximum atomic E-state index is 13.1. The third kappa shape index (κ3) is 4.57.